The summed E-state index contributed by atoms with van der Waals surface area (Å²) in [6, 6.07) is 0.423. The number of primary amides is 6. The molecule has 0 saturated carbocycles. The molecule has 1 aromatic carbocycles. The number of carbonyl (C=O) groups excluding carboxylic acids is 7. The first-order valence-electron chi connectivity index (χ1n) is 30.8. The maximum Gasteiger partial charge on any atom is 0.473 e. The van der Waals surface area contributed by atoms with Crippen molar-refractivity contribution in [3.63, 3.8) is 0 Å². The second-order valence-electron chi connectivity index (χ2n) is 27.4. The average molecular weight is 1330 g/mol. The molecule has 7 amide bonds. The van der Waals surface area contributed by atoms with Crippen molar-refractivity contribution in [2.75, 3.05) is 18.2 Å². The summed E-state index contributed by atoms with van der Waals surface area (Å²) in [5, 5.41) is 48.7. The molecule has 0 spiro atoms. The number of nitrogens with two attached hydrogens (primary N) is 6. The first-order valence-corrected chi connectivity index (χ1v) is 32.3. The number of amides is 7. The number of anilines is 1. The number of carbonyl (C=O) groups is 7. The van der Waals surface area contributed by atoms with Crippen LogP contribution in [-0.4, -0.2) is 136 Å². The predicted octanol–water partition coefficient (Wildman–Crippen LogP) is 5.59. The van der Waals surface area contributed by atoms with Gasteiger partial charge in [-0.25, -0.2) is 9.56 Å². The summed E-state index contributed by atoms with van der Waals surface area (Å²) in [7, 11) is -5.10. The van der Waals surface area contributed by atoms with Gasteiger partial charge in [0.25, 0.3) is 0 Å². The quantitative estimate of drug-likeness (QED) is 0.0425. The number of phosphoric acid groups is 1. The summed E-state index contributed by atoms with van der Waals surface area (Å²) in [5.74, 6) is -7.12. The van der Waals surface area contributed by atoms with E-state index in [2.05, 4.69) is 10.3 Å². The summed E-state index contributed by atoms with van der Waals surface area (Å²) in [6.45, 7) is 19.7. The maximum absolute atomic E-state index is 14.3. The van der Waals surface area contributed by atoms with E-state index in [-0.39, 0.29) is 94.1 Å². The van der Waals surface area contributed by atoms with E-state index in [1.807, 2.05) is 87.4 Å². The van der Waals surface area contributed by atoms with Crippen molar-refractivity contribution in [1.29, 1.82) is 0 Å². The zero-order chi connectivity index (χ0) is 66.7. The molecule has 91 heavy (non-hydrogen) atoms. The Morgan fingerprint density at radius 1 is 0.758 bits per heavy atom. The van der Waals surface area contributed by atoms with Gasteiger partial charge < -0.3 is 85.7 Å². The molecule has 1 aromatic rings. The molecule has 5 saturated heterocycles. The van der Waals surface area contributed by atoms with Crippen molar-refractivity contribution in [1.82, 2.24) is 0 Å². The van der Waals surface area contributed by atoms with E-state index in [1.54, 1.807) is 4.90 Å². The molecule has 507 valence electrons. The number of allylic oxidation sites excluding steroid dienone is 3. The molecule has 1 radical (unpaired) electrons. The number of benzene rings is 1. The third-order valence-electron chi connectivity index (χ3n) is 21.1. The van der Waals surface area contributed by atoms with Crippen LogP contribution in [0.1, 0.15) is 144 Å². The molecule has 7 aliphatic heterocycles. The van der Waals surface area contributed by atoms with Crippen molar-refractivity contribution < 1.29 is 83.8 Å². The van der Waals surface area contributed by atoms with Crippen LogP contribution >= 0.6 is 7.82 Å². The van der Waals surface area contributed by atoms with Crippen LogP contribution in [0.3, 0.4) is 0 Å². The second kappa shape index (κ2) is 27.2. The number of aliphatic hydroxyl groups is 2. The Bertz CT molecular complexity index is 3240. The second-order valence-corrected chi connectivity index (χ2v) is 28.8. The number of aliphatic hydroxyl groups excluding tert-OH is 2. The topological polar surface area (TPSA) is 467 Å². The minimum Gasteiger partial charge on any atom is -0.685 e. The van der Waals surface area contributed by atoms with Gasteiger partial charge >= 0.3 is 7.82 Å². The first-order chi connectivity index (χ1) is 41.8. The molecule has 29 heteroatoms. The van der Waals surface area contributed by atoms with Gasteiger partial charge in [-0.3, -0.25) is 42.6 Å². The van der Waals surface area contributed by atoms with E-state index < -0.39 is 161 Å². The summed E-state index contributed by atoms with van der Waals surface area (Å²) in [5.41, 5.74) is 36.2. The first kappa shape index (κ1) is 72.5. The van der Waals surface area contributed by atoms with Gasteiger partial charge in [-0.1, -0.05) is 66.4 Å². The zero-order valence-electron chi connectivity index (χ0n) is 53.7. The van der Waals surface area contributed by atoms with Crippen molar-refractivity contribution in [2.24, 2.45) is 84.7 Å². The fourth-order valence-electron chi connectivity index (χ4n) is 16.1. The van der Waals surface area contributed by atoms with Gasteiger partial charge in [-0.05, 0) is 123 Å². The smallest absolute Gasteiger partial charge is 0.473 e. The van der Waals surface area contributed by atoms with E-state index in [0.29, 0.717) is 39.6 Å². The Labute approximate surface area is 542 Å². The van der Waals surface area contributed by atoms with Crippen LogP contribution in [0.2, 0.25) is 0 Å². The number of aliphatic imine (C=N–C) groups is 1. The molecule has 8 bridgehead atoms. The summed E-state index contributed by atoms with van der Waals surface area (Å²) < 4.78 is 30.6. The van der Waals surface area contributed by atoms with Crippen LogP contribution in [0.4, 0.5) is 11.4 Å². The molecule has 5 fully saturated rings. The van der Waals surface area contributed by atoms with E-state index in [0.717, 1.165) is 17.3 Å². The third kappa shape index (κ3) is 14.0. The monoisotopic (exact) mass is 1330 g/mol. The van der Waals surface area contributed by atoms with E-state index in [1.165, 1.54) is 6.92 Å². The number of aryl methyl sites for hydroxylation is 2. The molecular formula is C62H91CoN13O14P-5. The number of rotatable bonds is 25. The molecule has 7 aliphatic rings. The number of fused-ring (bicyclic) bond motifs is 10. The number of nitrogens with zero attached hydrogens (tertiary/aromatic N) is 7. The van der Waals surface area contributed by atoms with Gasteiger partial charge in [0.15, 0.2) is 6.23 Å². The minimum atomic E-state index is -5.10. The third-order valence-corrected chi connectivity index (χ3v) is 22.3. The Hall–Kier alpha value is -5.94. The molecule has 18 atom stereocenters. The van der Waals surface area contributed by atoms with Crippen molar-refractivity contribution in [2.45, 2.75) is 207 Å². The Morgan fingerprint density at radius 3 is 1.91 bits per heavy atom. The van der Waals surface area contributed by atoms with Gasteiger partial charge in [-0.15, -0.1) is 40.5 Å². The van der Waals surface area contributed by atoms with Crippen molar-refractivity contribution >= 4 is 66.8 Å². The van der Waals surface area contributed by atoms with E-state index >= 15 is 0 Å². The summed E-state index contributed by atoms with van der Waals surface area (Å²) >= 11 is 0. The van der Waals surface area contributed by atoms with Gasteiger partial charge in [0.2, 0.25) is 41.4 Å². The van der Waals surface area contributed by atoms with Crippen LogP contribution < -0.4 is 39.3 Å². The Kier molecular flexibility index (Phi) is 21.7. The number of hydrogen-bond donors (Lipinski definition) is 9. The molecule has 15 N–H and O–H groups in total. The molecular weight excluding hydrogens is 1240 g/mol. The fraction of sp³-hybridized carbons (Fsp3) is 0.677. The van der Waals surface area contributed by atoms with Gasteiger partial charge in [0.05, 0.1) is 6.61 Å². The van der Waals surface area contributed by atoms with Crippen LogP contribution in [0.5, 0.6) is 0 Å². The predicted molar refractivity (Wildman–Crippen MR) is 335 cm³/mol. The zero-order valence-corrected chi connectivity index (χ0v) is 55.7. The van der Waals surface area contributed by atoms with E-state index in [4.69, 9.17) is 69.5 Å². The van der Waals surface area contributed by atoms with Crippen LogP contribution in [0, 0.1) is 59.2 Å². The Morgan fingerprint density at radius 2 is 1.33 bits per heavy atom. The SMILES string of the molecule is C/C1=C2/[N-][C@H]([C@H](CC(N)=O)[C@@]2(C)CCC(=O)N=C[C@@H](C)OP(=O)(O)O[C@H]2[C@@H](O)[C@@H](N3C[N-]c4cc(C)c(C)cc43)O[C@@H]2CO)[C@]2(C)[N-]C(/C(C)=C3\[N-]C(/C=C4\[N-]C1[C@@H](CCC(N)=O)C4(C)C)[C@@H](CCC(N)=O)[C@]3(C)CC(N)=O)[C@@H](CCC(N)=O)[C@]2(C)CC(N)=O.[Co]. The summed E-state index contributed by atoms with van der Waals surface area (Å²) in [6.07, 6.45) is -4.72. The molecule has 7 heterocycles. The Balaban J connectivity index is 0.0000118. The van der Waals surface area contributed by atoms with Crippen LogP contribution in [-0.2, 0) is 68.7 Å². The van der Waals surface area contributed by atoms with Crippen LogP contribution in [0.15, 0.2) is 51.4 Å². The normalized spacial score (nSPS) is 36.9. The maximum atomic E-state index is 14.3. The number of hydrogen-bond acceptors (Lipinski definition) is 14. The molecule has 0 aromatic heterocycles. The number of ether oxygens (including phenoxy) is 1. The fourth-order valence-corrected chi connectivity index (χ4v) is 17.2. The van der Waals surface area contributed by atoms with Gasteiger partial charge in [0, 0.05) is 73.6 Å². The standard InChI is InChI=1S/C62H91N13O14P.Co/c1-29-20-39-40(21-30(29)2)75(28-70-39)57-52(84)53(41(27-76)87-57)89-90(85,86)88-31(3)26-69-49(83)18-19-59(8)37(22-46(66)80)56-62(11)61(10,25-48(68)82)36(14-17-45(65)79)51(74-62)33(5)55-60(9,24-47(67)81)34(12-15-43(63)77)38(71-55)23-42-58(6,7)35(13-16-44(64)78)50(72-42)32(4)54(59)73-56;/h20-21,23,26,31,34-38,41,50-53,56-57,76,84H,12-19,22,24-25,27-28H2,1-11H3,(H2,63,77)(H2,64,78)(H2,65,79)(H2,66,80)(H2,67,81)(H2,68,82)(H,85,86);/q-5;/b42-23-,54-32-,55-33-,69-26?;/t31-,34-,35-,36-,37+,38?,41-,50?,51?,52-,53-,56-,57+,59-,60+,61+,62+;/m1./s1. The molecule has 27 nitrogen and oxygen atoms in total. The number of phosphoric ester groups is 1. The largest absolute Gasteiger partial charge is 0.685 e. The molecule has 4 unspecified atom stereocenters. The molecule has 0 aliphatic carbocycles. The van der Waals surface area contributed by atoms with Gasteiger partial charge in [0.1, 0.15) is 24.4 Å². The van der Waals surface area contributed by atoms with Crippen molar-refractivity contribution in [3.8, 4) is 0 Å². The summed E-state index contributed by atoms with van der Waals surface area (Å²) in [4.78, 5) is 110. The van der Waals surface area contributed by atoms with E-state index in [9.17, 15) is 53.2 Å². The average Bonchev–Trinajstić information content (AvgIpc) is 1.53. The van der Waals surface area contributed by atoms with Crippen molar-refractivity contribution in [3.05, 3.63) is 84.2 Å². The van der Waals surface area contributed by atoms with Gasteiger partial charge in [-0.2, -0.15) is 17.1 Å². The molecule has 8 rings (SSSR count). The van der Waals surface area contributed by atoms with Crippen LogP contribution in [0.25, 0.3) is 26.6 Å². The minimum absolute atomic E-state index is 0.